The highest BCUT2D eigenvalue weighted by atomic mass is 19.1. The Morgan fingerprint density at radius 1 is 0.688 bits per heavy atom. The fourth-order valence-corrected chi connectivity index (χ4v) is 3.50. The Balaban J connectivity index is 1.76. The molecule has 0 aromatic heterocycles. The second-order valence-electron chi connectivity index (χ2n) is 8.63. The predicted octanol–water partition coefficient (Wildman–Crippen LogP) is 8.22. The minimum atomic E-state index is -0.207. The van der Waals surface area contributed by atoms with Crippen LogP contribution in [0.5, 0.6) is 0 Å². The summed E-state index contributed by atoms with van der Waals surface area (Å²) >= 11 is 0. The number of anilines is 2. The third-order valence-corrected chi connectivity index (χ3v) is 5.34. The van der Waals surface area contributed by atoms with Crippen LogP contribution in [0.25, 0.3) is 22.3 Å². The third kappa shape index (κ3) is 6.34. The summed E-state index contributed by atoms with van der Waals surface area (Å²) in [4.78, 5) is 0. The highest BCUT2D eigenvalue weighted by molar-refractivity contribution is 5.75. The monoisotopic (exact) mass is 428 g/mol. The molecule has 0 heterocycles. The van der Waals surface area contributed by atoms with Gasteiger partial charge in [-0.15, -0.1) is 0 Å². The standard InChI is InChI=1S/C29H33FN2/c1-20(2)14-16-31-25-10-6-23(7-11-25)27-19-29(30)28(18-22(27)5)24-8-12-26(13-9-24)32-17-15-21(3)4/h6-15,18-19,31-32H,16-17H2,1-5H3. The molecular weight excluding hydrogens is 395 g/mol. The van der Waals surface area contributed by atoms with Crippen LogP contribution in [0.3, 0.4) is 0 Å². The SMILES string of the molecule is CC(C)=CCNc1ccc(-c2cc(F)c(-c3ccc(NCC=C(C)C)cc3)cc2C)cc1. The first-order valence-corrected chi connectivity index (χ1v) is 11.1. The quantitative estimate of drug-likeness (QED) is 0.353. The fraction of sp³-hybridized carbons (Fsp3) is 0.241. The maximum atomic E-state index is 15.1. The number of aryl methyl sites for hydroxylation is 1. The van der Waals surface area contributed by atoms with E-state index in [4.69, 9.17) is 0 Å². The lowest BCUT2D eigenvalue weighted by molar-refractivity contribution is 0.631. The lowest BCUT2D eigenvalue weighted by Crippen LogP contribution is -1.99. The maximum absolute atomic E-state index is 15.1. The predicted molar refractivity (Wildman–Crippen MR) is 138 cm³/mol. The minimum Gasteiger partial charge on any atom is -0.382 e. The van der Waals surface area contributed by atoms with Crippen LogP contribution in [0.15, 0.2) is 84.0 Å². The van der Waals surface area contributed by atoms with E-state index in [2.05, 4.69) is 50.5 Å². The molecule has 166 valence electrons. The molecular formula is C29H33FN2. The topological polar surface area (TPSA) is 24.1 Å². The summed E-state index contributed by atoms with van der Waals surface area (Å²) in [5.41, 5.74) is 9.14. The van der Waals surface area contributed by atoms with E-state index < -0.39 is 0 Å². The number of benzene rings is 3. The van der Waals surface area contributed by atoms with Gasteiger partial charge in [-0.3, -0.25) is 0 Å². The minimum absolute atomic E-state index is 0.207. The van der Waals surface area contributed by atoms with Crippen LogP contribution >= 0.6 is 0 Å². The first kappa shape index (κ1) is 23.3. The van der Waals surface area contributed by atoms with Crippen LogP contribution in [0.2, 0.25) is 0 Å². The van der Waals surface area contributed by atoms with Gasteiger partial charge in [0.05, 0.1) is 0 Å². The Morgan fingerprint density at radius 2 is 1.12 bits per heavy atom. The second-order valence-corrected chi connectivity index (χ2v) is 8.63. The number of allylic oxidation sites excluding steroid dienone is 2. The molecule has 0 saturated carbocycles. The van der Waals surface area contributed by atoms with Crippen molar-refractivity contribution < 1.29 is 4.39 Å². The van der Waals surface area contributed by atoms with E-state index in [1.54, 1.807) is 6.07 Å². The summed E-state index contributed by atoms with van der Waals surface area (Å²) in [6.07, 6.45) is 4.29. The molecule has 3 heteroatoms. The van der Waals surface area contributed by atoms with E-state index in [9.17, 15) is 0 Å². The van der Waals surface area contributed by atoms with E-state index in [1.807, 2.05) is 61.5 Å². The number of rotatable bonds is 8. The molecule has 0 bridgehead atoms. The van der Waals surface area contributed by atoms with Gasteiger partial charge in [-0.05, 0) is 93.3 Å². The van der Waals surface area contributed by atoms with Crippen LogP contribution in [0, 0.1) is 12.7 Å². The van der Waals surface area contributed by atoms with Gasteiger partial charge in [-0.25, -0.2) is 4.39 Å². The van der Waals surface area contributed by atoms with E-state index in [-0.39, 0.29) is 5.82 Å². The molecule has 2 nitrogen and oxygen atoms in total. The molecule has 0 amide bonds. The van der Waals surface area contributed by atoms with Crippen molar-refractivity contribution in [2.75, 3.05) is 23.7 Å². The molecule has 0 unspecified atom stereocenters. The molecule has 0 aliphatic heterocycles. The van der Waals surface area contributed by atoms with Gasteiger partial charge in [0.1, 0.15) is 5.82 Å². The summed E-state index contributed by atoms with van der Waals surface area (Å²) in [7, 11) is 0. The van der Waals surface area contributed by atoms with Crippen molar-refractivity contribution in [2.24, 2.45) is 0 Å². The first-order chi connectivity index (χ1) is 15.3. The van der Waals surface area contributed by atoms with E-state index >= 15 is 4.39 Å². The number of nitrogens with one attached hydrogen (secondary N) is 2. The van der Waals surface area contributed by atoms with Crippen molar-refractivity contribution in [3.8, 4) is 22.3 Å². The molecule has 3 rings (SSSR count). The average molecular weight is 429 g/mol. The first-order valence-electron chi connectivity index (χ1n) is 11.1. The summed E-state index contributed by atoms with van der Waals surface area (Å²) in [6.45, 7) is 12.0. The van der Waals surface area contributed by atoms with Gasteiger partial charge in [0.25, 0.3) is 0 Å². The largest absolute Gasteiger partial charge is 0.382 e. The number of hydrogen-bond donors (Lipinski definition) is 2. The van der Waals surface area contributed by atoms with Gasteiger partial charge >= 0.3 is 0 Å². The normalized spacial score (nSPS) is 10.4. The van der Waals surface area contributed by atoms with E-state index in [0.717, 1.165) is 46.7 Å². The van der Waals surface area contributed by atoms with Gasteiger partial charge < -0.3 is 10.6 Å². The third-order valence-electron chi connectivity index (χ3n) is 5.34. The lowest BCUT2D eigenvalue weighted by atomic mass is 9.95. The molecule has 0 fully saturated rings. The van der Waals surface area contributed by atoms with E-state index in [1.165, 1.54) is 11.1 Å². The second kappa shape index (κ2) is 10.8. The summed E-state index contributed by atoms with van der Waals surface area (Å²) in [6, 6.07) is 19.7. The Morgan fingerprint density at radius 3 is 1.56 bits per heavy atom. The highest BCUT2D eigenvalue weighted by Crippen LogP contribution is 2.32. The molecule has 0 radical (unpaired) electrons. The summed E-state index contributed by atoms with van der Waals surface area (Å²) in [5, 5.41) is 6.73. The van der Waals surface area contributed by atoms with Crippen LogP contribution in [-0.4, -0.2) is 13.1 Å². The van der Waals surface area contributed by atoms with Crippen molar-refractivity contribution in [3.05, 3.63) is 95.3 Å². The zero-order chi connectivity index (χ0) is 23.1. The number of halogens is 1. The lowest BCUT2D eigenvalue weighted by Gasteiger charge is -2.13. The van der Waals surface area contributed by atoms with E-state index in [0.29, 0.717) is 5.56 Å². The summed E-state index contributed by atoms with van der Waals surface area (Å²) in [5.74, 6) is -0.207. The molecule has 0 spiro atoms. The Kier molecular flexibility index (Phi) is 7.88. The van der Waals surface area contributed by atoms with Crippen LogP contribution in [0.4, 0.5) is 15.8 Å². The zero-order valence-corrected chi connectivity index (χ0v) is 19.7. The fourth-order valence-electron chi connectivity index (χ4n) is 3.50. The Labute approximate surface area is 191 Å². The molecule has 0 saturated heterocycles. The molecule has 3 aromatic carbocycles. The Hall–Kier alpha value is -3.33. The molecule has 0 atom stereocenters. The molecule has 2 N–H and O–H groups in total. The van der Waals surface area contributed by atoms with Crippen molar-refractivity contribution in [3.63, 3.8) is 0 Å². The molecule has 3 aromatic rings. The average Bonchev–Trinajstić information content (AvgIpc) is 2.76. The summed E-state index contributed by atoms with van der Waals surface area (Å²) < 4.78 is 15.1. The van der Waals surface area contributed by atoms with Crippen LogP contribution in [0.1, 0.15) is 33.3 Å². The van der Waals surface area contributed by atoms with Crippen molar-refractivity contribution in [1.82, 2.24) is 0 Å². The smallest absolute Gasteiger partial charge is 0.131 e. The van der Waals surface area contributed by atoms with Crippen LogP contribution in [-0.2, 0) is 0 Å². The van der Waals surface area contributed by atoms with Crippen molar-refractivity contribution >= 4 is 11.4 Å². The molecule has 0 aliphatic carbocycles. The van der Waals surface area contributed by atoms with Gasteiger partial charge in [0.2, 0.25) is 0 Å². The van der Waals surface area contributed by atoms with Gasteiger partial charge in [0.15, 0.2) is 0 Å². The van der Waals surface area contributed by atoms with Crippen molar-refractivity contribution in [1.29, 1.82) is 0 Å². The maximum Gasteiger partial charge on any atom is 0.131 e. The molecule has 0 aliphatic rings. The molecule has 32 heavy (non-hydrogen) atoms. The zero-order valence-electron chi connectivity index (χ0n) is 19.7. The van der Waals surface area contributed by atoms with Gasteiger partial charge in [0, 0.05) is 30.0 Å². The van der Waals surface area contributed by atoms with Crippen molar-refractivity contribution in [2.45, 2.75) is 34.6 Å². The van der Waals surface area contributed by atoms with Gasteiger partial charge in [-0.2, -0.15) is 0 Å². The number of hydrogen-bond acceptors (Lipinski definition) is 2. The Bertz CT molecular complexity index is 1010. The van der Waals surface area contributed by atoms with Gasteiger partial charge in [-0.1, -0.05) is 47.6 Å². The van der Waals surface area contributed by atoms with Crippen LogP contribution < -0.4 is 10.6 Å². The highest BCUT2D eigenvalue weighted by Gasteiger charge is 2.11.